The largest absolute Gasteiger partial charge is 0.493 e. The molecular formula is C22H22F3N3O5. The molecule has 1 fully saturated rings. The molecule has 33 heavy (non-hydrogen) atoms. The van der Waals surface area contributed by atoms with Gasteiger partial charge in [0.1, 0.15) is 12.6 Å². The van der Waals surface area contributed by atoms with Crippen LogP contribution in [0.2, 0.25) is 0 Å². The number of alkyl halides is 3. The lowest BCUT2D eigenvalue weighted by atomic mass is 10.1. The maximum absolute atomic E-state index is 12.8. The minimum Gasteiger partial charge on any atom is -0.442 e. The zero-order valence-corrected chi connectivity index (χ0v) is 17.4. The van der Waals surface area contributed by atoms with Crippen LogP contribution in [0.4, 0.5) is 18.0 Å². The van der Waals surface area contributed by atoms with Crippen LogP contribution in [0.5, 0.6) is 0 Å². The number of nitrogens with zero attached hydrogens (tertiary/aromatic N) is 1. The van der Waals surface area contributed by atoms with Gasteiger partial charge in [-0.3, -0.25) is 4.79 Å². The smallest absolute Gasteiger partial charge is 0.442 e. The zero-order chi connectivity index (χ0) is 23.8. The number of carbonyl (C=O) groups excluding carboxylic acids is 3. The molecule has 11 heteroatoms. The van der Waals surface area contributed by atoms with Gasteiger partial charge in [0.25, 0.3) is 0 Å². The Bertz CT molecular complexity index is 957. The van der Waals surface area contributed by atoms with Gasteiger partial charge >= 0.3 is 18.2 Å². The van der Waals surface area contributed by atoms with Crippen LogP contribution in [0.1, 0.15) is 17.5 Å². The summed E-state index contributed by atoms with van der Waals surface area (Å²) in [5.41, 5.74) is 1.39. The summed E-state index contributed by atoms with van der Waals surface area (Å²) in [6, 6.07) is 15.1. The van der Waals surface area contributed by atoms with E-state index in [9.17, 15) is 27.6 Å². The summed E-state index contributed by atoms with van der Waals surface area (Å²) in [5, 5.41) is 5.69. The van der Waals surface area contributed by atoms with E-state index in [1.54, 1.807) is 54.6 Å². The standard InChI is InChI=1S/C22H22F3N3O5/c23-22(24,25)20(30)33-28(21(31)32-14-16-9-5-2-6-10-16)17-11-12-26-18(17)19(29)27-13-15-7-3-1-4-8-15/h1-10,17-18,26H,11-14H2,(H,27,29)/t17-,18-/m1/s1. The first-order valence-electron chi connectivity index (χ1n) is 10.1. The number of ether oxygens (including phenoxy) is 1. The molecule has 176 valence electrons. The molecule has 0 spiro atoms. The molecule has 1 saturated heterocycles. The first-order valence-corrected chi connectivity index (χ1v) is 10.1. The summed E-state index contributed by atoms with van der Waals surface area (Å²) in [4.78, 5) is 41.2. The molecular weight excluding hydrogens is 443 g/mol. The van der Waals surface area contributed by atoms with E-state index < -0.39 is 36.2 Å². The third-order valence-electron chi connectivity index (χ3n) is 4.88. The number of nitrogens with one attached hydrogen (secondary N) is 2. The molecule has 3 rings (SSSR count). The van der Waals surface area contributed by atoms with Crippen LogP contribution in [0.15, 0.2) is 60.7 Å². The number of carbonyl (C=O) groups is 3. The summed E-state index contributed by atoms with van der Waals surface area (Å²) < 4.78 is 43.5. The third kappa shape index (κ3) is 6.69. The summed E-state index contributed by atoms with van der Waals surface area (Å²) in [5.74, 6) is -3.15. The average molecular weight is 465 g/mol. The SMILES string of the molecule is O=C(NCc1ccccc1)[C@@H]1NCC[C@H]1N(OC(=O)C(F)(F)F)C(=O)OCc1ccccc1. The van der Waals surface area contributed by atoms with Crippen molar-refractivity contribution in [3.8, 4) is 0 Å². The van der Waals surface area contributed by atoms with Crippen molar-refractivity contribution < 1.29 is 37.1 Å². The van der Waals surface area contributed by atoms with Gasteiger partial charge in [0.05, 0.1) is 6.04 Å². The lowest BCUT2D eigenvalue weighted by molar-refractivity contribution is -0.237. The van der Waals surface area contributed by atoms with Gasteiger partial charge in [-0.1, -0.05) is 60.7 Å². The molecule has 2 aromatic carbocycles. The Morgan fingerprint density at radius 1 is 1.00 bits per heavy atom. The molecule has 0 unspecified atom stereocenters. The first kappa shape index (κ1) is 24.1. The van der Waals surface area contributed by atoms with Crippen molar-refractivity contribution in [3.05, 3.63) is 71.8 Å². The number of benzene rings is 2. The van der Waals surface area contributed by atoms with E-state index in [1.165, 1.54) is 0 Å². The lowest BCUT2D eigenvalue weighted by Gasteiger charge is -2.29. The Morgan fingerprint density at radius 2 is 1.61 bits per heavy atom. The fourth-order valence-electron chi connectivity index (χ4n) is 3.27. The van der Waals surface area contributed by atoms with Crippen LogP contribution in [0.25, 0.3) is 0 Å². The highest BCUT2D eigenvalue weighted by Crippen LogP contribution is 2.23. The van der Waals surface area contributed by atoms with Crippen molar-refractivity contribution in [3.63, 3.8) is 0 Å². The van der Waals surface area contributed by atoms with E-state index in [2.05, 4.69) is 15.5 Å². The molecule has 8 nitrogen and oxygen atoms in total. The van der Waals surface area contributed by atoms with E-state index in [0.29, 0.717) is 5.56 Å². The summed E-state index contributed by atoms with van der Waals surface area (Å²) in [6.07, 6.45) is -6.59. The van der Waals surface area contributed by atoms with Crippen LogP contribution >= 0.6 is 0 Å². The van der Waals surface area contributed by atoms with Crippen LogP contribution in [0, 0.1) is 0 Å². The Balaban J connectivity index is 1.72. The molecule has 2 aromatic rings. The van der Waals surface area contributed by atoms with E-state index in [1.807, 2.05) is 6.07 Å². The second kappa shape index (κ2) is 10.8. The highest BCUT2D eigenvalue weighted by atomic mass is 19.4. The Hall–Kier alpha value is -3.60. The second-order valence-corrected chi connectivity index (χ2v) is 7.23. The van der Waals surface area contributed by atoms with Crippen molar-refractivity contribution in [1.82, 2.24) is 15.7 Å². The Labute approximate surface area is 187 Å². The van der Waals surface area contributed by atoms with Crippen molar-refractivity contribution >= 4 is 18.0 Å². The fourth-order valence-corrected chi connectivity index (χ4v) is 3.27. The molecule has 0 saturated carbocycles. The Kier molecular flexibility index (Phi) is 7.88. The van der Waals surface area contributed by atoms with Crippen LogP contribution in [-0.4, -0.2) is 47.8 Å². The topological polar surface area (TPSA) is 97.0 Å². The van der Waals surface area contributed by atoms with E-state index in [4.69, 9.17) is 4.74 Å². The van der Waals surface area contributed by atoms with Crippen molar-refractivity contribution in [2.45, 2.75) is 37.8 Å². The van der Waals surface area contributed by atoms with Crippen LogP contribution in [0.3, 0.4) is 0 Å². The minimum absolute atomic E-state index is 0.0645. The normalized spacial score (nSPS) is 17.8. The van der Waals surface area contributed by atoms with Crippen molar-refractivity contribution in [2.75, 3.05) is 6.54 Å². The van der Waals surface area contributed by atoms with Gasteiger partial charge in [0, 0.05) is 6.54 Å². The molecule has 0 bridgehead atoms. The summed E-state index contributed by atoms with van der Waals surface area (Å²) in [6.45, 7) is 0.121. The first-order chi connectivity index (χ1) is 15.8. The number of rotatable bonds is 6. The molecule has 0 aromatic heterocycles. The third-order valence-corrected chi connectivity index (χ3v) is 4.88. The number of hydrogen-bond donors (Lipinski definition) is 2. The molecule has 2 atom stereocenters. The molecule has 1 heterocycles. The maximum atomic E-state index is 12.8. The van der Waals surface area contributed by atoms with Gasteiger partial charge in [0.2, 0.25) is 5.91 Å². The highest BCUT2D eigenvalue weighted by molar-refractivity contribution is 5.84. The quantitative estimate of drug-likeness (QED) is 0.637. The van der Waals surface area contributed by atoms with E-state index in [0.717, 1.165) is 5.56 Å². The van der Waals surface area contributed by atoms with Gasteiger partial charge in [-0.05, 0) is 24.1 Å². The van der Waals surface area contributed by atoms with Crippen LogP contribution < -0.4 is 10.6 Å². The molecule has 0 radical (unpaired) electrons. The van der Waals surface area contributed by atoms with Crippen molar-refractivity contribution in [1.29, 1.82) is 0 Å². The number of hydrogen-bond acceptors (Lipinski definition) is 6. The zero-order valence-electron chi connectivity index (χ0n) is 17.4. The van der Waals surface area contributed by atoms with Gasteiger partial charge in [0.15, 0.2) is 0 Å². The minimum atomic E-state index is -5.34. The predicted molar refractivity (Wildman–Crippen MR) is 109 cm³/mol. The molecule has 2 amide bonds. The Morgan fingerprint density at radius 3 is 2.21 bits per heavy atom. The number of halogens is 3. The number of amides is 2. The fraction of sp³-hybridized carbons (Fsp3) is 0.318. The summed E-state index contributed by atoms with van der Waals surface area (Å²) in [7, 11) is 0. The average Bonchev–Trinajstić information content (AvgIpc) is 3.29. The van der Waals surface area contributed by atoms with E-state index in [-0.39, 0.29) is 31.2 Å². The predicted octanol–water partition coefficient (Wildman–Crippen LogP) is 2.69. The highest BCUT2D eigenvalue weighted by Gasteiger charge is 2.48. The van der Waals surface area contributed by atoms with Gasteiger partial charge in [-0.25, -0.2) is 9.59 Å². The van der Waals surface area contributed by atoms with Gasteiger partial charge < -0.3 is 20.2 Å². The van der Waals surface area contributed by atoms with Gasteiger partial charge in [-0.15, -0.1) is 5.06 Å². The maximum Gasteiger partial charge on any atom is 0.493 e. The second-order valence-electron chi connectivity index (χ2n) is 7.23. The molecule has 1 aliphatic rings. The summed E-state index contributed by atoms with van der Waals surface area (Å²) >= 11 is 0. The van der Waals surface area contributed by atoms with Crippen molar-refractivity contribution in [2.24, 2.45) is 0 Å². The monoisotopic (exact) mass is 465 g/mol. The van der Waals surface area contributed by atoms with E-state index >= 15 is 0 Å². The van der Waals surface area contributed by atoms with Crippen LogP contribution in [-0.2, 0) is 32.3 Å². The molecule has 1 aliphatic heterocycles. The molecule has 2 N–H and O–H groups in total. The molecule has 0 aliphatic carbocycles. The van der Waals surface area contributed by atoms with Gasteiger partial charge in [-0.2, -0.15) is 13.2 Å². The number of hydroxylamine groups is 2. The lowest BCUT2D eigenvalue weighted by Crippen LogP contribution is -2.54.